The van der Waals surface area contributed by atoms with Gasteiger partial charge in [0.15, 0.2) is 6.23 Å². The summed E-state index contributed by atoms with van der Waals surface area (Å²) in [6.07, 6.45) is -2.86. The average molecular weight is 342 g/mol. The van der Waals surface area contributed by atoms with E-state index in [1.54, 1.807) is 0 Å². The highest BCUT2D eigenvalue weighted by atomic mass is 32.1. The number of ether oxygens (including phenoxy) is 2. The highest BCUT2D eigenvalue weighted by Crippen LogP contribution is 2.24. The van der Waals surface area contributed by atoms with Crippen LogP contribution in [-0.4, -0.2) is 45.2 Å². The standard InChI is InChI=1S/C13H14N2O7S/c16-12(14-6-10(23)5-11(14)22-13(17)18)21-7-8-1-3-9(4-2-8)15(19)20/h1-4,10-11,23H,5-7H2,(H,17,18)/t10-,11-/m0/s1. The molecule has 10 heteroatoms. The number of rotatable bonds is 4. The van der Waals surface area contributed by atoms with Crippen LogP contribution in [-0.2, 0) is 16.1 Å². The molecule has 0 bridgehead atoms. The van der Waals surface area contributed by atoms with Crippen molar-refractivity contribution in [2.45, 2.75) is 24.5 Å². The van der Waals surface area contributed by atoms with Crippen molar-refractivity contribution in [3.05, 3.63) is 39.9 Å². The Balaban J connectivity index is 1.92. The first-order chi connectivity index (χ1) is 10.9. The second-order valence-electron chi connectivity index (χ2n) is 4.86. The lowest BCUT2D eigenvalue weighted by Crippen LogP contribution is -2.38. The van der Waals surface area contributed by atoms with Gasteiger partial charge < -0.3 is 14.6 Å². The summed E-state index contributed by atoms with van der Waals surface area (Å²) in [5, 5.41) is 19.0. The number of carboxylic acid groups (broad SMARTS) is 1. The van der Waals surface area contributed by atoms with E-state index in [1.165, 1.54) is 24.3 Å². The van der Waals surface area contributed by atoms with Crippen molar-refractivity contribution < 1.29 is 29.1 Å². The van der Waals surface area contributed by atoms with Crippen molar-refractivity contribution in [2.75, 3.05) is 6.54 Å². The lowest BCUT2D eigenvalue weighted by atomic mass is 10.2. The summed E-state index contributed by atoms with van der Waals surface area (Å²) in [5.41, 5.74) is 0.508. The van der Waals surface area contributed by atoms with Gasteiger partial charge in [0.2, 0.25) is 0 Å². The van der Waals surface area contributed by atoms with E-state index in [-0.39, 0.29) is 30.5 Å². The molecule has 0 radical (unpaired) electrons. The van der Waals surface area contributed by atoms with E-state index < -0.39 is 23.4 Å². The maximum absolute atomic E-state index is 12.0. The zero-order chi connectivity index (χ0) is 17.0. The van der Waals surface area contributed by atoms with Gasteiger partial charge in [-0.3, -0.25) is 15.0 Å². The molecule has 0 saturated carbocycles. The molecule has 1 saturated heterocycles. The van der Waals surface area contributed by atoms with E-state index >= 15 is 0 Å². The molecule has 0 aromatic heterocycles. The number of nitro groups is 1. The van der Waals surface area contributed by atoms with Gasteiger partial charge in [0, 0.05) is 30.3 Å². The molecular formula is C13H14N2O7S. The van der Waals surface area contributed by atoms with Crippen LogP contribution in [0.1, 0.15) is 12.0 Å². The van der Waals surface area contributed by atoms with Crippen LogP contribution in [0.4, 0.5) is 15.3 Å². The first-order valence-electron chi connectivity index (χ1n) is 6.61. The molecule has 1 N–H and O–H groups in total. The first-order valence-corrected chi connectivity index (χ1v) is 7.13. The minimum absolute atomic E-state index is 0.0625. The second-order valence-corrected chi connectivity index (χ2v) is 5.59. The summed E-state index contributed by atoms with van der Waals surface area (Å²) in [4.78, 5) is 33.8. The third-order valence-electron chi connectivity index (χ3n) is 3.21. The van der Waals surface area contributed by atoms with E-state index in [9.17, 15) is 19.7 Å². The van der Waals surface area contributed by atoms with Crippen molar-refractivity contribution >= 4 is 30.6 Å². The second kappa shape index (κ2) is 7.18. The Kier molecular flexibility index (Phi) is 5.27. The Labute approximate surface area is 136 Å². The number of thiol groups is 1. The van der Waals surface area contributed by atoms with Gasteiger partial charge in [-0.2, -0.15) is 12.6 Å². The number of nitro benzene ring substituents is 1. The van der Waals surface area contributed by atoms with E-state index in [2.05, 4.69) is 17.4 Å². The number of hydrogen-bond donors (Lipinski definition) is 2. The zero-order valence-corrected chi connectivity index (χ0v) is 12.7. The number of amides is 1. The van der Waals surface area contributed by atoms with E-state index in [1.807, 2.05) is 0 Å². The van der Waals surface area contributed by atoms with Crippen LogP contribution in [0.25, 0.3) is 0 Å². The number of nitrogens with zero attached hydrogens (tertiary/aromatic N) is 2. The van der Waals surface area contributed by atoms with Crippen LogP contribution >= 0.6 is 12.6 Å². The maximum atomic E-state index is 12.0. The molecule has 0 spiro atoms. The van der Waals surface area contributed by atoms with Gasteiger partial charge >= 0.3 is 12.2 Å². The predicted octanol–water partition coefficient (Wildman–Crippen LogP) is 2.26. The number of benzene rings is 1. The van der Waals surface area contributed by atoms with Gasteiger partial charge in [-0.1, -0.05) is 0 Å². The minimum Gasteiger partial charge on any atom is -0.450 e. The minimum atomic E-state index is -1.48. The molecule has 1 amide bonds. The Morgan fingerprint density at radius 1 is 1.39 bits per heavy atom. The molecule has 1 aromatic rings. The van der Waals surface area contributed by atoms with Crippen molar-refractivity contribution in [1.29, 1.82) is 0 Å². The van der Waals surface area contributed by atoms with Crippen LogP contribution in [0, 0.1) is 10.1 Å². The Hall–Kier alpha value is -2.49. The highest BCUT2D eigenvalue weighted by Gasteiger charge is 2.37. The molecule has 2 rings (SSSR count). The summed E-state index contributed by atoms with van der Waals surface area (Å²) in [6.45, 7) is 0.116. The Bertz CT molecular complexity index is 607. The van der Waals surface area contributed by atoms with E-state index in [0.717, 1.165) is 4.90 Å². The lowest BCUT2D eigenvalue weighted by Gasteiger charge is -2.22. The molecule has 9 nitrogen and oxygen atoms in total. The van der Waals surface area contributed by atoms with Crippen LogP contribution in [0.5, 0.6) is 0 Å². The molecule has 1 heterocycles. The molecule has 124 valence electrons. The molecule has 1 aliphatic rings. The molecule has 1 aromatic carbocycles. The van der Waals surface area contributed by atoms with Crippen molar-refractivity contribution in [3.8, 4) is 0 Å². The van der Waals surface area contributed by atoms with Crippen LogP contribution in [0.3, 0.4) is 0 Å². The number of non-ortho nitro benzene ring substituents is 1. The molecule has 23 heavy (non-hydrogen) atoms. The number of carbonyl (C=O) groups is 2. The molecule has 1 aliphatic heterocycles. The fourth-order valence-electron chi connectivity index (χ4n) is 2.14. The van der Waals surface area contributed by atoms with Gasteiger partial charge in [-0.25, -0.2) is 9.59 Å². The third kappa shape index (κ3) is 4.49. The number of carbonyl (C=O) groups excluding carboxylic acids is 1. The van der Waals surface area contributed by atoms with Crippen LogP contribution < -0.4 is 0 Å². The quantitative estimate of drug-likeness (QED) is 0.373. The van der Waals surface area contributed by atoms with Crippen LogP contribution in [0.15, 0.2) is 24.3 Å². The van der Waals surface area contributed by atoms with Crippen molar-refractivity contribution in [1.82, 2.24) is 4.90 Å². The summed E-state index contributed by atoms with van der Waals surface area (Å²) in [5.74, 6) is 0. The van der Waals surface area contributed by atoms with Gasteiger partial charge in [0.05, 0.1) is 4.92 Å². The normalized spacial score (nSPS) is 20.1. The van der Waals surface area contributed by atoms with E-state index in [4.69, 9.17) is 9.84 Å². The number of likely N-dealkylation sites (tertiary alicyclic amines) is 1. The number of hydrogen-bond acceptors (Lipinski definition) is 7. The maximum Gasteiger partial charge on any atom is 0.507 e. The largest absolute Gasteiger partial charge is 0.507 e. The molecule has 0 unspecified atom stereocenters. The van der Waals surface area contributed by atoms with Gasteiger partial charge in [0.1, 0.15) is 6.61 Å². The van der Waals surface area contributed by atoms with Gasteiger partial charge in [-0.15, -0.1) is 0 Å². The summed E-state index contributed by atoms with van der Waals surface area (Å²) < 4.78 is 9.71. The Morgan fingerprint density at radius 3 is 2.61 bits per heavy atom. The lowest BCUT2D eigenvalue weighted by molar-refractivity contribution is -0.384. The van der Waals surface area contributed by atoms with Gasteiger partial charge in [-0.05, 0) is 17.7 Å². The average Bonchev–Trinajstić information content (AvgIpc) is 2.85. The Morgan fingerprint density at radius 2 is 2.04 bits per heavy atom. The molecular weight excluding hydrogens is 328 g/mol. The fraction of sp³-hybridized carbons (Fsp3) is 0.385. The van der Waals surface area contributed by atoms with Crippen molar-refractivity contribution in [2.24, 2.45) is 0 Å². The summed E-state index contributed by atoms with van der Waals surface area (Å²) >= 11 is 4.21. The molecule has 1 fully saturated rings. The smallest absolute Gasteiger partial charge is 0.450 e. The van der Waals surface area contributed by atoms with Crippen LogP contribution in [0.2, 0.25) is 0 Å². The van der Waals surface area contributed by atoms with Crippen molar-refractivity contribution in [3.63, 3.8) is 0 Å². The van der Waals surface area contributed by atoms with Gasteiger partial charge in [0.25, 0.3) is 5.69 Å². The third-order valence-corrected chi connectivity index (χ3v) is 3.58. The molecule has 0 aliphatic carbocycles. The van der Waals surface area contributed by atoms with E-state index in [0.29, 0.717) is 5.56 Å². The first kappa shape index (κ1) is 16.9. The molecule has 2 atom stereocenters. The monoisotopic (exact) mass is 342 g/mol. The summed E-state index contributed by atoms with van der Waals surface area (Å²) in [6, 6.07) is 5.56. The highest BCUT2D eigenvalue weighted by molar-refractivity contribution is 7.81. The predicted molar refractivity (Wildman–Crippen MR) is 80.3 cm³/mol. The zero-order valence-electron chi connectivity index (χ0n) is 11.8. The SMILES string of the molecule is O=C(O)O[C@H]1C[C@H](S)CN1C(=O)OCc1ccc([N+](=O)[O-])cc1. The fourth-order valence-corrected chi connectivity index (χ4v) is 2.50. The summed E-state index contributed by atoms with van der Waals surface area (Å²) in [7, 11) is 0. The topological polar surface area (TPSA) is 119 Å².